The first-order valence-corrected chi connectivity index (χ1v) is 10.8. The Hall–Kier alpha value is -2.94. The lowest BCUT2D eigenvalue weighted by Crippen LogP contribution is -2.54. The highest BCUT2D eigenvalue weighted by Crippen LogP contribution is 2.52. The quantitative estimate of drug-likeness (QED) is 0.657. The van der Waals surface area contributed by atoms with Crippen LogP contribution in [0.3, 0.4) is 0 Å². The van der Waals surface area contributed by atoms with Crippen LogP contribution in [0, 0.1) is 11.8 Å². The lowest BCUT2D eigenvalue weighted by Gasteiger charge is -2.36. The van der Waals surface area contributed by atoms with Gasteiger partial charge < -0.3 is 24.2 Å². The molecular weight excluding hydrogens is 400 g/mol. The first kappa shape index (κ1) is 20.0. The molecule has 0 aromatic carbocycles. The third-order valence-electron chi connectivity index (χ3n) is 6.70. The summed E-state index contributed by atoms with van der Waals surface area (Å²) in [5.74, 6) is -1.12. The van der Waals surface area contributed by atoms with E-state index in [2.05, 4.69) is 4.98 Å². The molecule has 4 atom stereocenters. The molecule has 5 heterocycles. The Balaban J connectivity index is 1.29. The minimum atomic E-state index is -0.720. The van der Waals surface area contributed by atoms with E-state index in [-0.39, 0.29) is 24.0 Å². The van der Waals surface area contributed by atoms with Crippen LogP contribution in [0.5, 0.6) is 0 Å². The molecule has 0 unspecified atom stereocenters. The zero-order chi connectivity index (χ0) is 21.6. The lowest BCUT2D eigenvalue weighted by molar-refractivity contribution is -0.144. The van der Waals surface area contributed by atoms with Crippen molar-refractivity contribution in [1.29, 1.82) is 0 Å². The summed E-state index contributed by atoms with van der Waals surface area (Å²) in [6.07, 6.45) is 6.59. The largest absolute Gasteiger partial charge is 0.450 e. The highest BCUT2D eigenvalue weighted by molar-refractivity contribution is 5.93. The highest BCUT2D eigenvalue weighted by Gasteiger charge is 2.67. The Bertz CT molecular complexity index is 914. The van der Waals surface area contributed by atoms with Gasteiger partial charge in [0.15, 0.2) is 0 Å². The fourth-order valence-electron chi connectivity index (χ4n) is 5.24. The summed E-state index contributed by atoms with van der Waals surface area (Å²) in [6, 6.07) is 3.78. The van der Waals surface area contributed by atoms with Gasteiger partial charge in [0, 0.05) is 45.1 Å². The summed E-state index contributed by atoms with van der Waals surface area (Å²) in [5.41, 5.74) is 0.276. The average molecular weight is 426 g/mol. The molecule has 3 fully saturated rings. The van der Waals surface area contributed by atoms with Crippen molar-refractivity contribution in [2.24, 2.45) is 11.8 Å². The number of hydrogen-bond donors (Lipinski definition) is 0. The molecule has 4 aliphatic heterocycles. The maximum absolute atomic E-state index is 13.4. The van der Waals surface area contributed by atoms with E-state index in [0.717, 1.165) is 5.56 Å². The van der Waals surface area contributed by atoms with Crippen LogP contribution < -0.4 is 0 Å². The molecule has 9 nitrogen and oxygen atoms in total. The third kappa shape index (κ3) is 3.27. The molecule has 0 aliphatic carbocycles. The van der Waals surface area contributed by atoms with Crippen molar-refractivity contribution in [3.63, 3.8) is 0 Å². The van der Waals surface area contributed by atoms with Crippen LogP contribution in [0.1, 0.15) is 12.5 Å². The van der Waals surface area contributed by atoms with E-state index in [1.165, 1.54) is 0 Å². The Kier molecular flexibility index (Phi) is 4.92. The van der Waals surface area contributed by atoms with E-state index < -0.39 is 17.4 Å². The highest BCUT2D eigenvalue weighted by atomic mass is 16.6. The molecule has 1 spiro atoms. The summed E-state index contributed by atoms with van der Waals surface area (Å²) in [7, 11) is 0. The minimum Gasteiger partial charge on any atom is -0.450 e. The number of nitrogens with zero attached hydrogens (tertiary/aromatic N) is 4. The van der Waals surface area contributed by atoms with Gasteiger partial charge in [0.1, 0.15) is 5.60 Å². The van der Waals surface area contributed by atoms with Crippen LogP contribution in [0.15, 0.2) is 36.7 Å². The molecule has 1 aromatic heterocycles. The van der Waals surface area contributed by atoms with Crippen LogP contribution in [-0.4, -0.2) is 88.6 Å². The molecule has 2 bridgehead atoms. The number of pyridine rings is 1. The van der Waals surface area contributed by atoms with Crippen LogP contribution in [0.4, 0.5) is 4.79 Å². The van der Waals surface area contributed by atoms with Gasteiger partial charge in [0.05, 0.1) is 31.1 Å². The van der Waals surface area contributed by atoms with Gasteiger partial charge in [-0.05, 0) is 24.6 Å². The van der Waals surface area contributed by atoms with E-state index in [4.69, 9.17) is 9.47 Å². The smallest absolute Gasteiger partial charge is 0.409 e. The van der Waals surface area contributed by atoms with Gasteiger partial charge in [-0.25, -0.2) is 4.79 Å². The van der Waals surface area contributed by atoms with Crippen LogP contribution in [0.2, 0.25) is 0 Å². The van der Waals surface area contributed by atoms with Gasteiger partial charge in [-0.1, -0.05) is 12.2 Å². The predicted octanol–water partition coefficient (Wildman–Crippen LogP) is 0.664. The molecule has 0 radical (unpaired) electrons. The minimum absolute atomic E-state index is 0.0350. The number of fused-ring (bicyclic) bond motifs is 1. The second kappa shape index (κ2) is 7.64. The molecule has 0 N–H and O–H groups in total. The van der Waals surface area contributed by atoms with Crippen molar-refractivity contribution < 1.29 is 23.9 Å². The second-order valence-electron chi connectivity index (χ2n) is 8.46. The Morgan fingerprint density at radius 3 is 2.61 bits per heavy atom. The van der Waals surface area contributed by atoms with Gasteiger partial charge in [0.25, 0.3) is 0 Å². The molecule has 3 saturated heterocycles. The Morgan fingerprint density at radius 2 is 1.90 bits per heavy atom. The zero-order valence-electron chi connectivity index (χ0n) is 17.5. The maximum Gasteiger partial charge on any atom is 0.409 e. The fraction of sp³-hybridized carbons (Fsp3) is 0.545. The Morgan fingerprint density at radius 1 is 1.19 bits per heavy atom. The van der Waals surface area contributed by atoms with Crippen LogP contribution >= 0.6 is 0 Å². The molecule has 9 heteroatoms. The molecule has 5 rings (SSSR count). The summed E-state index contributed by atoms with van der Waals surface area (Å²) in [4.78, 5) is 47.9. The summed E-state index contributed by atoms with van der Waals surface area (Å²) < 4.78 is 11.3. The number of aromatic nitrogens is 1. The number of amides is 3. The van der Waals surface area contributed by atoms with Gasteiger partial charge in [-0.3, -0.25) is 14.6 Å². The van der Waals surface area contributed by atoms with Crippen molar-refractivity contribution in [2.75, 3.05) is 39.3 Å². The van der Waals surface area contributed by atoms with Crippen molar-refractivity contribution in [1.82, 2.24) is 19.7 Å². The lowest BCUT2D eigenvalue weighted by atomic mass is 9.76. The predicted molar refractivity (Wildman–Crippen MR) is 109 cm³/mol. The molecule has 4 aliphatic rings. The van der Waals surface area contributed by atoms with E-state index >= 15 is 0 Å². The molecule has 164 valence electrons. The van der Waals surface area contributed by atoms with Gasteiger partial charge >= 0.3 is 6.09 Å². The third-order valence-corrected chi connectivity index (χ3v) is 6.70. The number of carbonyl (C=O) groups is 3. The standard InChI is InChI=1S/C22H26N4O5/c1-2-30-21(29)25-11-9-24(10-12-25)19(27)17-16-3-6-22(31-16)14-26(20(28)18(17)22)13-15-4-7-23-8-5-15/h3-8,16-18H,2,9-14H2,1H3/t16-,17+,18+,22+/m1/s1. The van der Waals surface area contributed by atoms with Crippen molar-refractivity contribution in [3.05, 3.63) is 42.2 Å². The van der Waals surface area contributed by atoms with Crippen LogP contribution in [0.25, 0.3) is 0 Å². The van der Waals surface area contributed by atoms with E-state index in [1.807, 2.05) is 24.3 Å². The normalized spacial score (nSPS) is 31.3. The van der Waals surface area contributed by atoms with Gasteiger partial charge in [-0.2, -0.15) is 0 Å². The molecule has 1 aromatic rings. The number of ether oxygens (including phenoxy) is 2. The van der Waals surface area contributed by atoms with E-state index in [0.29, 0.717) is 45.9 Å². The SMILES string of the molecule is CCOC(=O)N1CCN(C(=O)[C@@H]2[C@H]3C(=O)N(Cc4ccncc4)C[C@@]34C=C[C@H]2O4)CC1. The second-order valence-corrected chi connectivity index (χ2v) is 8.46. The number of carbonyl (C=O) groups excluding carboxylic acids is 3. The van der Waals surface area contributed by atoms with Crippen molar-refractivity contribution in [2.45, 2.75) is 25.2 Å². The fourth-order valence-corrected chi connectivity index (χ4v) is 5.24. The monoisotopic (exact) mass is 426 g/mol. The van der Waals surface area contributed by atoms with Gasteiger partial charge in [0.2, 0.25) is 11.8 Å². The topological polar surface area (TPSA) is 92.3 Å². The summed E-state index contributed by atoms with van der Waals surface area (Å²) >= 11 is 0. The van der Waals surface area contributed by atoms with Crippen molar-refractivity contribution >= 4 is 17.9 Å². The first-order valence-electron chi connectivity index (χ1n) is 10.8. The summed E-state index contributed by atoms with van der Waals surface area (Å²) in [5, 5.41) is 0. The Labute approximate surface area is 180 Å². The summed E-state index contributed by atoms with van der Waals surface area (Å²) in [6.45, 7) is 4.73. The number of rotatable bonds is 4. The maximum atomic E-state index is 13.4. The van der Waals surface area contributed by atoms with Gasteiger partial charge in [-0.15, -0.1) is 0 Å². The van der Waals surface area contributed by atoms with Crippen LogP contribution in [-0.2, 0) is 25.6 Å². The first-order chi connectivity index (χ1) is 15.0. The molecule has 0 saturated carbocycles. The number of likely N-dealkylation sites (tertiary alicyclic amines) is 1. The molecule has 31 heavy (non-hydrogen) atoms. The zero-order valence-corrected chi connectivity index (χ0v) is 17.5. The molecular formula is C22H26N4O5. The van der Waals surface area contributed by atoms with E-state index in [9.17, 15) is 14.4 Å². The number of piperazine rings is 1. The van der Waals surface area contributed by atoms with E-state index in [1.54, 1.807) is 34.0 Å². The average Bonchev–Trinajstić information content (AvgIpc) is 3.42. The van der Waals surface area contributed by atoms with Crippen molar-refractivity contribution in [3.8, 4) is 0 Å². The number of hydrogen-bond acceptors (Lipinski definition) is 6. The molecule has 3 amide bonds.